The van der Waals surface area contributed by atoms with Crippen LogP contribution in [0.25, 0.3) is 11.0 Å². The van der Waals surface area contributed by atoms with E-state index in [4.69, 9.17) is 14.2 Å². The third-order valence-corrected chi connectivity index (χ3v) is 12.8. The van der Waals surface area contributed by atoms with Crippen molar-refractivity contribution < 1.29 is 40.0 Å². The van der Waals surface area contributed by atoms with Crippen LogP contribution in [0.5, 0.6) is 5.75 Å². The predicted octanol–water partition coefficient (Wildman–Crippen LogP) is 4.95. The molecule has 15 heteroatoms. The Balaban J connectivity index is 1.42. The number of pyridine rings is 1. The fourth-order valence-electron chi connectivity index (χ4n) is 5.09. The average Bonchev–Trinajstić information content (AvgIpc) is 3.49. The number of nitrogens with zero attached hydrogens (tertiary/aromatic N) is 3. The van der Waals surface area contributed by atoms with E-state index >= 15 is 0 Å². The van der Waals surface area contributed by atoms with Gasteiger partial charge in [-0.25, -0.2) is 30.6 Å². The van der Waals surface area contributed by atoms with Gasteiger partial charge in [0.25, 0.3) is 10.0 Å². The van der Waals surface area contributed by atoms with Crippen LogP contribution >= 0.6 is 0 Å². The molecule has 0 fully saturated rings. The van der Waals surface area contributed by atoms with Crippen molar-refractivity contribution in [1.82, 2.24) is 13.9 Å². The second-order valence-electron chi connectivity index (χ2n) is 11.5. The van der Waals surface area contributed by atoms with Crippen LogP contribution in [0.2, 0.25) is 0 Å². The minimum absolute atomic E-state index is 0.101. The van der Waals surface area contributed by atoms with Crippen LogP contribution in [0.1, 0.15) is 39.2 Å². The second-order valence-corrected chi connectivity index (χ2v) is 16.7. The molecule has 0 aliphatic carbocycles. The molecule has 50 heavy (non-hydrogen) atoms. The number of rotatable bonds is 15. The fourth-order valence-corrected chi connectivity index (χ4v) is 9.48. The highest BCUT2D eigenvalue weighted by Crippen LogP contribution is 2.29. The molecule has 264 valence electrons. The average molecular weight is 740 g/mol. The third-order valence-electron chi connectivity index (χ3n) is 7.88. The molecule has 2 heterocycles. The highest BCUT2D eigenvalue weighted by molar-refractivity contribution is 7.91. The van der Waals surface area contributed by atoms with Crippen LogP contribution in [-0.2, 0) is 45.9 Å². The first-order valence-electron chi connectivity index (χ1n) is 15.6. The van der Waals surface area contributed by atoms with Crippen LogP contribution < -0.4 is 4.74 Å². The van der Waals surface area contributed by atoms with Gasteiger partial charge in [0.1, 0.15) is 12.4 Å². The molecular weight excluding hydrogens is 703 g/mol. The summed E-state index contributed by atoms with van der Waals surface area (Å²) < 4.78 is 85.3. The Morgan fingerprint density at radius 1 is 0.900 bits per heavy atom. The molecule has 0 aliphatic rings. The summed E-state index contributed by atoms with van der Waals surface area (Å²) in [6.45, 7) is 5.70. The molecule has 2 aromatic heterocycles. The van der Waals surface area contributed by atoms with Crippen molar-refractivity contribution in [3.05, 3.63) is 107 Å². The number of sulfone groups is 1. The van der Waals surface area contributed by atoms with Crippen LogP contribution in [0.15, 0.2) is 93.9 Å². The van der Waals surface area contributed by atoms with Crippen molar-refractivity contribution in [3.8, 4) is 5.75 Å². The molecule has 1 atom stereocenters. The first-order chi connectivity index (χ1) is 23.8. The van der Waals surface area contributed by atoms with Gasteiger partial charge in [-0.15, -0.1) is 0 Å². The highest BCUT2D eigenvalue weighted by atomic mass is 32.2. The van der Waals surface area contributed by atoms with Gasteiger partial charge in [-0.05, 0) is 68.8 Å². The van der Waals surface area contributed by atoms with Crippen molar-refractivity contribution in [2.75, 3.05) is 32.7 Å². The topological polar surface area (TPSA) is 161 Å². The molecular formula is C35H37N3O9S3. The number of para-hydroxylation sites is 2. The van der Waals surface area contributed by atoms with Gasteiger partial charge < -0.3 is 14.2 Å². The molecule has 0 radical (unpaired) electrons. The molecule has 5 aromatic rings. The Kier molecular flexibility index (Phi) is 11.5. The van der Waals surface area contributed by atoms with Crippen molar-refractivity contribution in [3.63, 3.8) is 0 Å². The summed E-state index contributed by atoms with van der Waals surface area (Å²) in [7, 11) is -8.60. The SMILES string of the molecule is COCCCOc1ccnc(CS(=O)c2nc3ccccc3n2S(=O)(=O)c2cc(C(=O)OCCS(=O)(=O)c3ccc(C)cc3)ccc2C)c1C. The molecule has 0 amide bonds. The largest absolute Gasteiger partial charge is 0.493 e. The Morgan fingerprint density at radius 3 is 2.38 bits per heavy atom. The summed E-state index contributed by atoms with van der Waals surface area (Å²) in [5, 5.41) is -0.215. The number of carbonyl (C=O) groups excluding carboxylic acids is 1. The highest BCUT2D eigenvalue weighted by Gasteiger charge is 2.30. The Labute approximate surface area is 293 Å². The third kappa shape index (κ3) is 8.12. The molecule has 3 aromatic carbocycles. The first-order valence-corrected chi connectivity index (χ1v) is 20.0. The number of methoxy groups -OCH3 is 1. The van der Waals surface area contributed by atoms with E-state index < -0.39 is 49.0 Å². The summed E-state index contributed by atoms with van der Waals surface area (Å²) in [5.41, 5.74) is 2.74. The lowest BCUT2D eigenvalue weighted by Gasteiger charge is -2.14. The Morgan fingerprint density at radius 2 is 1.64 bits per heavy atom. The molecule has 5 rings (SSSR count). The maximum Gasteiger partial charge on any atom is 0.338 e. The lowest BCUT2D eigenvalue weighted by atomic mass is 10.1. The van der Waals surface area contributed by atoms with E-state index in [9.17, 15) is 25.8 Å². The van der Waals surface area contributed by atoms with Crippen LogP contribution in [0.3, 0.4) is 0 Å². The van der Waals surface area contributed by atoms with Gasteiger partial charge in [-0.1, -0.05) is 35.9 Å². The van der Waals surface area contributed by atoms with Gasteiger partial charge in [-0.3, -0.25) is 9.19 Å². The van der Waals surface area contributed by atoms with Gasteiger partial charge in [0.15, 0.2) is 9.84 Å². The number of hydrogen-bond acceptors (Lipinski definition) is 11. The normalized spacial score (nSPS) is 12.6. The summed E-state index contributed by atoms with van der Waals surface area (Å²) in [4.78, 5) is 21.8. The standard InChI is InChI=1S/C35H37N3O9S3/c1-24-10-14-28(15-11-24)49(41,42)21-20-47-34(39)27-13-12-25(2)33(22-27)50(43,44)38-31-9-6-5-8-29(31)37-35(38)48(40)23-30-26(3)32(16-17-36-30)46-19-7-18-45-4/h5-6,8-17,22H,7,18-21,23H2,1-4H3. The zero-order valence-electron chi connectivity index (χ0n) is 28.0. The number of esters is 1. The van der Waals surface area contributed by atoms with Crippen LogP contribution in [0.4, 0.5) is 0 Å². The van der Waals surface area contributed by atoms with Crippen molar-refractivity contribution >= 4 is 47.7 Å². The van der Waals surface area contributed by atoms with E-state index in [0.29, 0.717) is 47.7 Å². The van der Waals surface area contributed by atoms with Gasteiger partial charge in [-0.2, -0.15) is 0 Å². The Bertz CT molecular complexity index is 2270. The predicted molar refractivity (Wildman–Crippen MR) is 188 cm³/mol. The molecule has 12 nitrogen and oxygen atoms in total. The number of fused-ring (bicyclic) bond motifs is 1. The first kappa shape index (κ1) is 36.8. The number of imidazole rings is 1. The van der Waals surface area contributed by atoms with Crippen LogP contribution in [0, 0.1) is 20.8 Å². The quantitative estimate of drug-likeness (QED) is 0.106. The maximum absolute atomic E-state index is 14.4. The molecule has 0 saturated carbocycles. The van der Waals surface area contributed by atoms with Gasteiger partial charge in [0, 0.05) is 31.9 Å². The number of ether oxygens (including phenoxy) is 3. The molecule has 0 saturated heterocycles. The minimum atomic E-state index is -4.50. The molecule has 0 aliphatic heterocycles. The minimum Gasteiger partial charge on any atom is -0.493 e. The van der Waals surface area contributed by atoms with Crippen molar-refractivity contribution in [1.29, 1.82) is 0 Å². The molecule has 1 unspecified atom stereocenters. The molecule has 0 spiro atoms. The smallest absolute Gasteiger partial charge is 0.338 e. The monoisotopic (exact) mass is 739 g/mol. The van der Waals surface area contributed by atoms with Gasteiger partial charge in [0.05, 0.1) is 61.0 Å². The second kappa shape index (κ2) is 15.6. The lowest BCUT2D eigenvalue weighted by molar-refractivity contribution is 0.0529. The Hall–Kier alpha value is -4.44. The van der Waals surface area contributed by atoms with Crippen LogP contribution in [-0.4, -0.2) is 73.6 Å². The number of carbonyl (C=O) groups is 1. The number of hydrogen-bond donors (Lipinski definition) is 0. The van der Waals surface area contributed by atoms with E-state index in [-0.39, 0.29) is 31.8 Å². The summed E-state index contributed by atoms with van der Waals surface area (Å²) in [5.74, 6) is -0.926. The number of aryl methyl sites for hydroxylation is 2. The zero-order valence-corrected chi connectivity index (χ0v) is 30.4. The van der Waals surface area contributed by atoms with E-state index in [2.05, 4.69) is 9.97 Å². The van der Waals surface area contributed by atoms with E-state index in [1.807, 2.05) is 6.92 Å². The van der Waals surface area contributed by atoms with Gasteiger partial charge >= 0.3 is 5.97 Å². The summed E-state index contributed by atoms with van der Waals surface area (Å²) in [6.07, 6.45) is 2.21. The summed E-state index contributed by atoms with van der Waals surface area (Å²) >= 11 is 0. The summed E-state index contributed by atoms with van der Waals surface area (Å²) in [6, 6.07) is 18.6. The molecule has 0 N–H and O–H groups in total. The van der Waals surface area contributed by atoms with Gasteiger partial charge in [0.2, 0.25) is 5.16 Å². The lowest BCUT2D eigenvalue weighted by Crippen LogP contribution is -2.20. The zero-order chi connectivity index (χ0) is 36.1. The fraction of sp³-hybridized carbons (Fsp3) is 0.286. The van der Waals surface area contributed by atoms with Crippen molar-refractivity contribution in [2.45, 2.75) is 47.9 Å². The number of aromatic nitrogens is 3. The van der Waals surface area contributed by atoms with E-state index in [1.54, 1.807) is 63.4 Å². The van der Waals surface area contributed by atoms with E-state index in [1.165, 1.54) is 36.5 Å². The number of benzene rings is 3. The maximum atomic E-state index is 14.4. The van der Waals surface area contributed by atoms with Crippen molar-refractivity contribution in [2.24, 2.45) is 0 Å². The molecule has 0 bridgehead atoms. The van der Waals surface area contributed by atoms with E-state index in [0.717, 1.165) is 9.54 Å².